The Balaban J connectivity index is 2.27. The third kappa shape index (κ3) is 3.80. The first-order valence-electron chi connectivity index (χ1n) is 7.30. The van der Waals surface area contributed by atoms with Crippen molar-refractivity contribution in [3.05, 3.63) is 23.8 Å². The van der Waals surface area contributed by atoms with Crippen molar-refractivity contribution in [3.8, 4) is 6.07 Å². The molecule has 1 saturated heterocycles. The van der Waals surface area contributed by atoms with E-state index in [2.05, 4.69) is 18.3 Å². The molecule has 22 heavy (non-hydrogen) atoms. The van der Waals surface area contributed by atoms with Crippen molar-refractivity contribution < 1.29 is 9.59 Å². The summed E-state index contributed by atoms with van der Waals surface area (Å²) in [5.41, 5.74) is 2.10. The summed E-state index contributed by atoms with van der Waals surface area (Å²) >= 11 is 1.21. The SMILES string of the molecule is CCCNc1ccc(C#N)cc1N1CC(SC(C)=O)CC1=O. The molecule has 1 amide bonds. The number of amides is 1. The van der Waals surface area contributed by atoms with Crippen LogP contribution in [0.1, 0.15) is 32.3 Å². The van der Waals surface area contributed by atoms with Gasteiger partial charge in [0.05, 0.1) is 23.0 Å². The van der Waals surface area contributed by atoms with E-state index < -0.39 is 0 Å². The average Bonchev–Trinajstić information content (AvgIpc) is 2.84. The van der Waals surface area contributed by atoms with Crippen LogP contribution in [0, 0.1) is 11.3 Å². The molecule has 116 valence electrons. The van der Waals surface area contributed by atoms with Gasteiger partial charge in [0, 0.05) is 31.7 Å². The Morgan fingerprint density at radius 2 is 2.32 bits per heavy atom. The second-order valence-corrected chi connectivity index (χ2v) is 6.69. The lowest BCUT2D eigenvalue weighted by atomic mass is 10.1. The van der Waals surface area contributed by atoms with Crippen molar-refractivity contribution in [2.45, 2.75) is 31.9 Å². The van der Waals surface area contributed by atoms with Crippen molar-refractivity contribution >= 4 is 34.2 Å². The molecule has 2 rings (SSSR count). The highest BCUT2D eigenvalue weighted by atomic mass is 32.2. The molecule has 0 aliphatic carbocycles. The van der Waals surface area contributed by atoms with Crippen LogP contribution < -0.4 is 10.2 Å². The maximum Gasteiger partial charge on any atom is 0.228 e. The smallest absolute Gasteiger partial charge is 0.228 e. The van der Waals surface area contributed by atoms with Gasteiger partial charge in [0.25, 0.3) is 0 Å². The van der Waals surface area contributed by atoms with E-state index in [4.69, 9.17) is 5.26 Å². The van der Waals surface area contributed by atoms with Crippen molar-refractivity contribution in [1.29, 1.82) is 5.26 Å². The van der Waals surface area contributed by atoms with E-state index in [0.717, 1.165) is 24.3 Å². The van der Waals surface area contributed by atoms with Gasteiger partial charge in [0.15, 0.2) is 5.12 Å². The molecular weight excluding hydrogens is 298 g/mol. The van der Waals surface area contributed by atoms with E-state index in [9.17, 15) is 9.59 Å². The Kier molecular flexibility index (Phi) is 5.45. The standard InChI is InChI=1S/C16H19N3O2S/c1-3-6-18-14-5-4-12(9-17)7-15(14)19-10-13(8-16(19)21)22-11(2)20/h4-5,7,13,18H,3,6,8,10H2,1-2H3. The summed E-state index contributed by atoms with van der Waals surface area (Å²) in [6.07, 6.45) is 1.32. The largest absolute Gasteiger partial charge is 0.383 e. The summed E-state index contributed by atoms with van der Waals surface area (Å²) in [4.78, 5) is 25.2. The van der Waals surface area contributed by atoms with Gasteiger partial charge in [-0.3, -0.25) is 9.59 Å². The number of anilines is 2. The monoisotopic (exact) mass is 317 g/mol. The molecule has 0 radical (unpaired) electrons. The van der Waals surface area contributed by atoms with E-state index in [1.807, 2.05) is 6.07 Å². The molecule has 0 spiro atoms. The van der Waals surface area contributed by atoms with E-state index in [0.29, 0.717) is 18.5 Å². The van der Waals surface area contributed by atoms with Gasteiger partial charge < -0.3 is 10.2 Å². The van der Waals surface area contributed by atoms with Crippen LogP contribution >= 0.6 is 11.8 Å². The molecule has 1 aliphatic heterocycles. The van der Waals surface area contributed by atoms with Gasteiger partial charge in [-0.2, -0.15) is 5.26 Å². The van der Waals surface area contributed by atoms with Crippen LogP contribution in [0.2, 0.25) is 0 Å². The summed E-state index contributed by atoms with van der Waals surface area (Å²) in [5, 5.41) is 12.4. The van der Waals surface area contributed by atoms with Crippen LogP contribution in [0.5, 0.6) is 0 Å². The number of thioether (sulfide) groups is 1. The Morgan fingerprint density at radius 3 is 2.95 bits per heavy atom. The van der Waals surface area contributed by atoms with Gasteiger partial charge in [-0.1, -0.05) is 18.7 Å². The normalized spacial score (nSPS) is 17.4. The van der Waals surface area contributed by atoms with Crippen molar-refractivity contribution in [2.24, 2.45) is 0 Å². The quantitative estimate of drug-likeness (QED) is 0.904. The summed E-state index contributed by atoms with van der Waals surface area (Å²) in [6, 6.07) is 7.42. The van der Waals surface area contributed by atoms with Crippen LogP contribution in [-0.2, 0) is 9.59 Å². The average molecular weight is 317 g/mol. The fraction of sp³-hybridized carbons (Fsp3) is 0.438. The third-order valence-corrected chi connectivity index (χ3v) is 4.39. The summed E-state index contributed by atoms with van der Waals surface area (Å²) in [5.74, 6) is -0.00612. The zero-order valence-electron chi connectivity index (χ0n) is 12.8. The molecule has 6 heteroatoms. The van der Waals surface area contributed by atoms with Crippen molar-refractivity contribution in [2.75, 3.05) is 23.3 Å². The lowest BCUT2D eigenvalue weighted by Gasteiger charge is -2.21. The molecule has 1 atom stereocenters. The van der Waals surface area contributed by atoms with Gasteiger partial charge in [-0.25, -0.2) is 0 Å². The van der Waals surface area contributed by atoms with Crippen LogP contribution in [0.3, 0.4) is 0 Å². The lowest BCUT2D eigenvalue weighted by Crippen LogP contribution is -2.26. The number of nitriles is 1. The minimum atomic E-state index is -0.0187. The second-order valence-electron chi connectivity index (χ2n) is 5.21. The molecule has 1 aromatic carbocycles. The van der Waals surface area contributed by atoms with E-state index in [1.54, 1.807) is 17.0 Å². The molecule has 0 bridgehead atoms. The fourth-order valence-electron chi connectivity index (χ4n) is 2.45. The molecule has 1 aliphatic rings. The molecule has 1 aromatic rings. The van der Waals surface area contributed by atoms with Crippen LogP contribution in [-0.4, -0.2) is 29.4 Å². The molecule has 1 N–H and O–H groups in total. The van der Waals surface area contributed by atoms with Crippen LogP contribution in [0.4, 0.5) is 11.4 Å². The van der Waals surface area contributed by atoms with Crippen molar-refractivity contribution in [1.82, 2.24) is 0 Å². The number of carbonyl (C=O) groups is 2. The summed E-state index contributed by atoms with van der Waals surface area (Å²) in [7, 11) is 0. The highest BCUT2D eigenvalue weighted by Gasteiger charge is 2.33. The zero-order valence-corrected chi connectivity index (χ0v) is 13.6. The first kappa shape index (κ1) is 16.4. The van der Waals surface area contributed by atoms with Crippen LogP contribution in [0.25, 0.3) is 0 Å². The molecule has 1 heterocycles. The maximum absolute atomic E-state index is 12.3. The highest BCUT2D eigenvalue weighted by Crippen LogP contribution is 2.34. The molecule has 0 aromatic heterocycles. The summed E-state index contributed by atoms with van der Waals surface area (Å²) < 4.78 is 0. The van der Waals surface area contributed by atoms with E-state index >= 15 is 0 Å². The lowest BCUT2D eigenvalue weighted by molar-refractivity contribution is -0.117. The highest BCUT2D eigenvalue weighted by molar-refractivity contribution is 8.14. The number of carbonyl (C=O) groups excluding carboxylic acids is 2. The van der Waals surface area contributed by atoms with Gasteiger partial charge >= 0.3 is 0 Å². The van der Waals surface area contributed by atoms with E-state index in [1.165, 1.54) is 18.7 Å². The zero-order chi connectivity index (χ0) is 16.1. The number of nitrogens with one attached hydrogen (secondary N) is 1. The Hall–Kier alpha value is -2.00. The van der Waals surface area contributed by atoms with E-state index in [-0.39, 0.29) is 16.3 Å². The summed E-state index contributed by atoms with van der Waals surface area (Å²) in [6.45, 7) is 4.88. The molecule has 1 unspecified atom stereocenters. The Bertz CT molecular complexity index is 624. The predicted octanol–water partition coefficient (Wildman–Crippen LogP) is 2.77. The van der Waals surface area contributed by atoms with Crippen molar-refractivity contribution in [3.63, 3.8) is 0 Å². The number of benzene rings is 1. The molecule has 5 nitrogen and oxygen atoms in total. The number of nitrogens with zero attached hydrogens (tertiary/aromatic N) is 2. The third-order valence-electron chi connectivity index (χ3n) is 3.41. The minimum Gasteiger partial charge on any atom is -0.383 e. The first-order valence-corrected chi connectivity index (χ1v) is 8.18. The van der Waals surface area contributed by atoms with Gasteiger partial charge in [-0.15, -0.1) is 0 Å². The number of hydrogen-bond donors (Lipinski definition) is 1. The topological polar surface area (TPSA) is 73.2 Å². The Labute approximate surface area is 134 Å². The second kappa shape index (κ2) is 7.32. The van der Waals surface area contributed by atoms with Gasteiger partial charge in [0.2, 0.25) is 5.91 Å². The van der Waals surface area contributed by atoms with Crippen LogP contribution in [0.15, 0.2) is 18.2 Å². The first-order chi connectivity index (χ1) is 10.5. The predicted molar refractivity (Wildman–Crippen MR) is 89.0 cm³/mol. The molecular formula is C16H19N3O2S. The fourth-order valence-corrected chi connectivity index (χ4v) is 3.37. The molecule has 1 fully saturated rings. The minimum absolute atomic E-state index is 0.00612. The maximum atomic E-state index is 12.3. The van der Waals surface area contributed by atoms with Gasteiger partial charge in [-0.05, 0) is 24.6 Å². The van der Waals surface area contributed by atoms with Gasteiger partial charge in [0.1, 0.15) is 0 Å². The number of rotatable bonds is 5. The number of hydrogen-bond acceptors (Lipinski definition) is 5. The molecule has 0 saturated carbocycles. The Morgan fingerprint density at radius 1 is 1.55 bits per heavy atom.